The van der Waals surface area contributed by atoms with Crippen molar-refractivity contribution in [2.24, 2.45) is 0 Å². The molecule has 0 unspecified atom stereocenters. The number of hydrogen-bond acceptors (Lipinski definition) is 4. The van der Waals surface area contributed by atoms with Gasteiger partial charge in [-0.1, -0.05) is 0 Å². The van der Waals surface area contributed by atoms with Gasteiger partial charge in [-0.25, -0.2) is 4.39 Å². The molecule has 0 radical (unpaired) electrons. The van der Waals surface area contributed by atoms with Gasteiger partial charge in [0, 0.05) is 36.8 Å². The van der Waals surface area contributed by atoms with Gasteiger partial charge in [0.2, 0.25) is 0 Å². The van der Waals surface area contributed by atoms with Crippen molar-refractivity contribution in [1.29, 1.82) is 0 Å². The van der Waals surface area contributed by atoms with Crippen molar-refractivity contribution in [3.8, 4) is 0 Å². The second-order valence-electron chi connectivity index (χ2n) is 4.34. The summed E-state index contributed by atoms with van der Waals surface area (Å²) in [5, 5.41) is 10.3. The first-order valence-corrected chi connectivity index (χ1v) is 5.96. The highest BCUT2D eigenvalue weighted by Gasteiger charge is 2.23. The Labute approximate surface area is 109 Å². The maximum absolute atomic E-state index is 12.8. The summed E-state index contributed by atoms with van der Waals surface area (Å²) in [6, 6.07) is 6.15. The van der Waals surface area contributed by atoms with E-state index in [9.17, 15) is 19.3 Å². The fourth-order valence-corrected chi connectivity index (χ4v) is 2.08. The van der Waals surface area contributed by atoms with Crippen LogP contribution in [0.15, 0.2) is 24.3 Å². The zero-order valence-corrected chi connectivity index (χ0v) is 10.3. The van der Waals surface area contributed by atoms with Crippen LogP contribution in [-0.4, -0.2) is 48.5 Å². The second kappa shape index (κ2) is 5.64. The third-order valence-electron chi connectivity index (χ3n) is 3.09. The SMILES string of the molecule is O=C(C[N+](=O)[O-])N1CCN(c2ccc(F)cc2)CC1. The normalized spacial score (nSPS) is 15.4. The molecule has 102 valence electrons. The third kappa shape index (κ3) is 3.40. The van der Waals surface area contributed by atoms with E-state index >= 15 is 0 Å². The Morgan fingerprint density at radius 1 is 1.21 bits per heavy atom. The van der Waals surface area contributed by atoms with Crippen LogP contribution in [0.4, 0.5) is 10.1 Å². The highest BCUT2D eigenvalue weighted by Crippen LogP contribution is 2.16. The van der Waals surface area contributed by atoms with Crippen LogP contribution in [0, 0.1) is 15.9 Å². The number of piperazine rings is 1. The fraction of sp³-hybridized carbons (Fsp3) is 0.417. The summed E-state index contributed by atoms with van der Waals surface area (Å²) in [5.41, 5.74) is 0.891. The van der Waals surface area contributed by atoms with Gasteiger partial charge in [0.25, 0.3) is 12.5 Å². The van der Waals surface area contributed by atoms with Crippen molar-refractivity contribution in [2.45, 2.75) is 0 Å². The summed E-state index contributed by atoms with van der Waals surface area (Å²) < 4.78 is 12.8. The van der Waals surface area contributed by atoms with Crippen LogP contribution in [0.1, 0.15) is 0 Å². The lowest BCUT2D eigenvalue weighted by Gasteiger charge is -2.35. The number of halogens is 1. The molecule has 1 aromatic rings. The predicted molar refractivity (Wildman–Crippen MR) is 67.1 cm³/mol. The van der Waals surface area contributed by atoms with E-state index in [0.29, 0.717) is 26.2 Å². The average molecular weight is 267 g/mol. The minimum absolute atomic E-state index is 0.288. The lowest BCUT2D eigenvalue weighted by atomic mass is 10.2. The highest BCUT2D eigenvalue weighted by molar-refractivity contribution is 5.77. The molecule has 0 N–H and O–H groups in total. The molecule has 1 aromatic carbocycles. The molecule has 1 amide bonds. The molecule has 0 aromatic heterocycles. The van der Waals surface area contributed by atoms with Gasteiger partial charge in [-0.05, 0) is 24.3 Å². The van der Waals surface area contributed by atoms with Gasteiger partial charge < -0.3 is 9.80 Å². The maximum Gasteiger partial charge on any atom is 0.294 e. The Morgan fingerprint density at radius 2 is 1.79 bits per heavy atom. The summed E-state index contributed by atoms with van der Waals surface area (Å²) >= 11 is 0. The summed E-state index contributed by atoms with van der Waals surface area (Å²) in [5.74, 6) is -0.743. The van der Waals surface area contributed by atoms with Gasteiger partial charge in [0.15, 0.2) is 0 Å². The number of nitro groups is 1. The number of nitrogens with zero attached hydrogens (tertiary/aromatic N) is 3. The quantitative estimate of drug-likeness (QED) is 0.598. The lowest BCUT2D eigenvalue weighted by molar-refractivity contribution is -0.468. The van der Waals surface area contributed by atoms with Crippen molar-refractivity contribution in [3.63, 3.8) is 0 Å². The molecule has 1 aliphatic rings. The number of benzene rings is 1. The van der Waals surface area contributed by atoms with Gasteiger partial charge in [-0.3, -0.25) is 14.9 Å². The standard InChI is InChI=1S/C12H14FN3O3/c13-10-1-3-11(4-2-10)14-5-7-15(8-6-14)12(17)9-16(18)19/h1-4H,5-9H2. The van der Waals surface area contributed by atoms with Gasteiger partial charge in [0.1, 0.15) is 5.82 Å². The molecule has 1 fully saturated rings. The minimum Gasteiger partial charge on any atom is -0.368 e. The molecule has 0 saturated carbocycles. The molecule has 0 atom stereocenters. The Hall–Kier alpha value is -2.18. The number of hydrogen-bond donors (Lipinski definition) is 0. The molecular formula is C12H14FN3O3. The fourth-order valence-electron chi connectivity index (χ4n) is 2.08. The van der Waals surface area contributed by atoms with E-state index in [-0.39, 0.29) is 5.82 Å². The van der Waals surface area contributed by atoms with Crippen LogP contribution in [0.25, 0.3) is 0 Å². The van der Waals surface area contributed by atoms with Crippen LogP contribution < -0.4 is 4.90 Å². The number of rotatable bonds is 3. The molecule has 0 aliphatic carbocycles. The van der Waals surface area contributed by atoms with Crippen molar-refractivity contribution in [2.75, 3.05) is 37.6 Å². The number of carbonyl (C=O) groups is 1. The van der Waals surface area contributed by atoms with Crippen LogP contribution >= 0.6 is 0 Å². The van der Waals surface area contributed by atoms with Crippen molar-refractivity contribution < 1.29 is 14.1 Å². The van der Waals surface area contributed by atoms with Crippen LogP contribution in [0.5, 0.6) is 0 Å². The Kier molecular flexibility index (Phi) is 3.94. The molecule has 1 heterocycles. The molecule has 2 rings (SSSR count). The van der Waals surface area contributed by atoms with E-state index < -0.39 is 17.4 Å². The van der Waals surface area contributed by atoms with Gasteiger partial charge in [0.05, 0.1) is 0 Å². The summed E-state index contributed by atoms with van der Waals surface area (Å²) in [4.78, 5) is 24.7. The van der Waals surface area contributed by atoms with E-state index in [1.807, 2.05) is 4.90 Å². The van der Waals surface area contributed by atoms with Crippen molar-refractivity contribution >= 4 is 11.6 Å². The molecule has 0 bridgehead atoms. The largest absolute Gasteiger partial charge is 0.368 e. The van der Waals surface area contributed by atoms with Crippen LogP contribution in [0.2, 0.25) is 0 Å². The molecule has 7 heteroatoms. The molecule has 19 heavy (non-hydrogen) atoms. The monoisotopic (exact) mass is 267 g/mol. The summed E-state index contributed by atoms with van der Waals surface area (Å²) in [6.07, 6.45) is 0. The summed E-state index contributed by atoms with van der Waals surface area (Å²) in [7, 11) is 0. The zero-order chi connectivity index (χ0) is 13.8. The van der Waals surface area contributed by atoms with E-state index in [0.717, 1.165) is 5.69 Å². The van der Waals surface area contributed by atoms with E-state index in [2.05, 4.69) is 0 Å². The topological polar surface area (TPSA) is 66.7 Å². The first-order valence-electron chi connectivity index (χ1n) is 5.96. The average Bonchev–Trinajstić information content (AvgIpc) is 2.39. The third-order valence-corrected chi connectivity index (χ3v) is 3.09. The molecule has 0 spiro atoms. The summed E-state index contributed by atoms with van der Waals surface area (Å²) in [6.45, 7) is 1.43. The first kappa shape index (κ1) is 13.3. The number of carbonyl (C=O) groups excluding carboxylic acids is 1. The smallest absolute Gasteiger partial charge is 0.294 e. The minimum atomic E-state index is -0.656. The lowest BCUT2D eigenvalue weighted by Crippen LogP contribution is -2.50. The molecule has 1 saturated heterocycles. The zero-order valence-electron chi connectivity index (χ0n) is 10.3. The van der Waals surface area contributed by atoms with Gasteiger partial charge in [-0.15, -0.1) is 0 Å². The number of amides is 1. The van der Waals surface area contributed by atoms with Crippen LogP contribution in [-0.2, 0) is 4.79 Å². The van der Waals surface area contributed by atoms with Crippen molar-refractivity contribution in [1.82, 2.24) is 4.90 Å². The maximum atomic E-state index is 12.8. The van der Waals surface area contributed by atoms with E-state index in [1.165, 1.54) is 17.0 Å². The Balaban J connectivity index is 1.90. The molecular weight excluding hydrogens is 253 g/mol. The van der Waals surface area contributed by atoms with Gasteiger partial charge >= 0.3 is 0 Å². The highest BCUT2D eigenvalue weighted by atomic mass is 19.1. The Bertz CT molecular complexity index is 470. The predicted octanol–water partition coefficient (Wildman–Crippen LogP) is 0.751. The number of anilines is 1. The van der Waals surface area contributed by atoms with Crippen LogP contribution in [0.3, 0.4) is 0 Å². The Morgan fingerprint density at radius 3 is 2.32 bits per heavy atom. The van der Waals surface area contributed by atoms with E-state index in [4.69, 9.17) is 0 Å². The van der Waals surface area contributed by atoms with Crippen molar-refractivity contribution in [3.05, 3.63) is 40.2 Å². The second-order valence-corrected chi connectivity index (χ2v) is 4.34. The van der Waals surface area contributed by atoms with E-state index in [1.54, 1.807) is 12.1 Å². The molecule has 1 aliphatic heterocycles. The first-order chi connectivity index (χ1) is 9.06. The molecule has 6 nitrogen and oxygen atoms in total. The van der Waals surface area contributed by atoms with Gasteiger partial charge in [-0.2, -0.15) is 0 Å².